The maximum Gasteiger partial charge on any atom is 0.344 e. The van der Waals surface area contributed by atoms with Gasteiger partial charge in [0.25, 0.3) is 0 Å². The molecule has 8 nitrogen and oxygen atoms in total. The van der Waals surface area contributed by atoms with Crippen LogP contribution in [0.15, 0.2) is 42.5 Å². The number of hydrogen-bond acceptors (Lipinski definition) is 7. The van der Waals surface area contributed by atoms with Crippen molar-refractivity contribution in [1.29, 1.82) is 0 Å². The van der Waals surface area contributed by atoms with Crippen molar-refractivity contribution in [1.82, 2.24) is 14.5 Å². The molecule has 1 fully saturated rings. The van der Waals surface area contributed by atoms with Crippen molar-refractivity contribution < 1.29 is 19.0 Å². The molecule has 35 heavy (non-hydrogen) atoms. The van der Waals surface area contributed by atoms with Crippen molar-refractivity contribution in [2.75, 3.05) is 20.0 Å². The topological polar surface area (TPSA) is 101 Å². The predicted octanol–water partition coefficient (Wildman–Crippen LogP) is 4.92. The van der Waals surface area contributed by atoms with E-state index in [0.717, 1.165) is 36.8 Å². The molecule has 2 aromatic carbocycles. The second-order valence-corrected chi connectivity index (χ2v) is 8.90. The van der Waals surface area contributed by atoms with Gasteiger partial charge in [0.1, 0.15) is 23.0 Å². The number of carbonyl (C=O) groups excluding carboxylic acids is 1. The zero-order valence-corrected chi connectivity index (χ0v) is 20.1. The first kappa shape index (κ1) is 23.0. The Morgan fingerprint density at radius 2 is 1.71 bits per heavy atom. The van der Waals surface area contributed by atoms with Gasteiger partial charge >= 0.3 is 5.97 Å². The van der Waals surface area contributed by atoms with E-state index in [9.17, 15) is 4.79 Å². The van der Waals surface area contributed by atoms with E-state index < -0.39 is 5.97 Å². The van der Waals surface area contributed by atoms with Gasteiger partial charge in [-0.05, 0) is 61.9 Å². The Balaban J connectivity index is 1.53. The van der Waals surface area contributed by atoms with Crippen LogP contribution in [0.1, 0.15) is 48.0 Å². The highest BCUT2D eigenvalue weighted by molar-refractivity contribution is 6.08. The van der Waals surface area contributed by atoms with Gasteiger partial charge in [-0.2, -0.15) is 0 Å². The first-order valence-corrected chi connectivity index (χ1v) is 12.1. The molecule has 0 bridgehead atoms. The number of fused-ring (bicyclic) bond motifs is 2. The normalized spacial score (nSPS) is 14.3. The van der Waals surface area contributed by atoms with Crippen molar-refractivity contribution in [2.45, 2.75) is 51.2 Å². The Labute approximate surface area is 204 Å². The molecule has 182 valence electrons. The summed E-state index contributed by atoms with van der Waals surface area (Å²) in [6.07, 6.45) is 5.68. The smallest absolute Gasteiger partial charge is 0.344 e. The average molecular weight is 475 g/mol. The number of rotatable bonds is 7. The van der Waals surface area contributed by atoms with Crippen molar-refractivity contribution in [3.05, 3.63) is 53.6 Å². The average Bonchev–Trinajstić information content (AvgIpc) is 3.16. The summed E-state index contributed by atoms with van der Waals surface area (Å²) in [5.41, 5.74) is 10.5. The quantitative estimate of drug-likeness (QED) is 0.380. The fourth-order valence-corrected chi connectivity index (χ4v) is 4.81. The molecule has 5 rings (SSSR count). The summed E-state index contributed by atoms with van der Waals surface area (Å²) < 4.78 is 18.5. The number of aromatic nitrogens is 3. The summed E-state index contributed by atoms with van der Waals surface area (Å²) in [4.78, 5) is 22.9. The minimum atomic E-state index is -0.422. The maximum absolute atomic E-state index is 13.3. The highest BCUT2D eigenvalue weighted by Crippen LogP contribution is 2.32. The number of aryl methyl sites for hydroxylation is 2. The van der Waals surface area contributed by atoms with Gasteiger partial charge in [0.05, 0.1) is 25.3 Å². The lowest BCUT2D eigenvalue weighted by Gasteiger charge is -2.21. The summed E-state index contributed by atoms with van der Waals surface area (Å²) in [5.74, 6) is 1.25. The third-order valence-corrected chi connectivity index (χ3v) is 6.69. The molecule has 0 radical (unpaired) electrons. The van der Waals surface area contributed by atoms with Gasteiger partial charge in [0.15, 0.2) is 17.1 Å². The molecule has 4 aromatic rings. The third-order valence-electron chi connectivity index (χ3n) is 6.69. The van der Waals surface area contributed by atoms with Crippen LogP contribution in [0.5, 0.6) is 11.5 Å². The van der Waals surface area contributed by atoms with Crippen LogP contribution >= 0.6 is 0 Å². The van der Waals surface area contributed by atoms with E-state index in [2.05, 4.69) is 0 Å². The molecule has 1 aliphatic rings. The van der Waals surface area contributed by atoms with Crippen LogP contribution in [0.25, 0.3) is 22.2 Å². The van der Waals surface area contributed by atoms with Crippen molar-refractivity contribution in [3.63, 3.8) is 0 Å². The second-order valence-electron chi connectivity index (χ2n) is 8.90. The molecule has 1 saturated carbocycles. The van der Waals surface area contributed by atoms with E-state index in [1.54, 1.807) is 14.2 Å². The summed E-state index contributed by atoms with van der Waals surface area (Å²) in [6, 6.07) is 13.4. The summed E-state index contributed by atoms with van der Waals surface area (Å²) >= 11 is 0. The van der Waals surface area contributed by atoms with Crippen LogP contribution in [-0.2, 0) is 17.7 Å². The molecule has 0 saturated heterocycles. The van der Waals surface area contributed by atoms with Crippen LogP contribution in [0.2, 0.25) is 0 Å². The summed E-state index contributed by atoms with van der Waals surface area (Å²) in [5, 5.41) is 0. The predicted molar refractivity (Wildman–Crippen MR) is 135 cm³/mol. The summed E-state index contributed by atoms with van der Waals surface area (Å²) in [7, 11) is 3.23. The second kappa shape index (κ2) is 9.82. The number of carbonyl (C=O) groups is 1. The van der Waals surface area contributed by atoms with Gasteiger partial charge in [-0.25, -0.2) is 14.8 Å². The Hall–Kier alpha value is -3.81. The lowest BCUT2D eigenvalue weighted by molar-refractivity contribution is 0.0214. The van der Waals surface area contributed by atoms with Crippen LogP contribution in [0, 0.1) is 0 Å². The van der Waals surface area contributed by atoms with Gasteiger partial charge in [-0.15, -0.1) is 0 Å². The van der Waals surface area contributed by atoms with Gasteiger partial charge in [0.2, 0.25) is 0 Å². The molecule has 8 heteroatoms. The molecule has 0 spiro atoms. The maximum atomic E-state index is 13.3. The number of nitrogens with zero attached hydrogens (tertiary/aromatic N) is 3. The largest absolute Gasteiger partial charge is 0.493 e. The number of ether oxygens (including phenoxy) is 3. The van der Waals surface area contributed by atoms with Crippen LogP contribution in [0.4, 0.5) is 5.82 Å². The standard InChI is InChI=1S/C27H30N4O4/c1-33-21-13-12-17(16-22(21)34-2)14-15-31-25(28)23(27(32)35-18-8-4-3-5-9-18)24-26(31)30-20-11-7-6-10-19(20)29-24/h6-7,10-13,16,18H,3-5,8-9,14-15,28H2,1-2H3. The highest BCUT2D eigenvalue weighted by atomic mass is 16.5. The van der Waals surface area contributed by atoms with Crippen LogP contribution < -0.4 is 15.2 Å². The van der Waals surface area contributed by atoms with Crippen LogP contribution in [0.3, 0.4) is 0 Å². The fourth-order valence-electron chi connectivity index (χ4n) is 4.81. The zero-order chi connectivity index (χ0) is 24.4. The number of esters is 1. The molecule has 2 aromatic heterocycles. The van der Waals surface area contributed by atoms with E-state index in [0.29, 0.717) is 52.5 Å². The van der Waals surface area contributed by atoms with Gasteiger partial charge in [-0.1, -0.05) is 24.6 Å². The molecule has 0 aliphatic heterocycles. The Kier molecular flexibility index (Phi) is 6.44. The first-order chi connectivity index (χ1) is 17.1. The molecular weight excluding hydrogens is 444 g/mol. The van der Waals surface area contributed by atoms with E-state index in [1.165, 1.54) is 6.42 Å². The van der Waals surface area contributed by atoms with E-state index in [4.69, 9.17) is 29.9 Å². The number of anilines is 1. The highest BCUT2D eigenvalue weighted by Gasteiger charge is 2.27. The number of nitrogens with two attached hydrogens (primary N) is 1. The van der Waals surface area contributed by atoms with Gasteiger partial charge < -0.3 is 24.5 Å². The molecular formula is C27H30N4O4. The number of benzene rings is 2. The first-order valence-electron chi connectivity index (χ1n) is 12.1. The van der Waals surface area contributed by atoms with Crippen molar-refractivity contribution in [3.8, 4) is 11.5 Å². The number of nitrogen functional groups attached to an aromatic ring is 1. The Morgan fingerprint density at radius 3 is 2.43 bits per heavy atom. The van der Waals surface area contributed by atoms with E-state index in [-0.39, 0.29) is 6.10 Å². The summed E-state index contributed by atoms with van der Waals surface area (Å²) in [6.45, 7) is 0.515. The molecule has 0 amide bonds. The molecule has 2 heterocycles. The zero-order valence-electron chi connectivity index (χ0n) is 20.1. The molecule has 0 unspecified atom stereocenters. The molecule has 1 aliphatic carbocycles. The van der Waals surface area contributed by atoms with E-state index >= 15 is 0 Å². The van der Waals surface area contributed by atoms with Crippen molar-refractivity contribution >= 4 is 34.0 Å². The lowest BCUT2D eigenvalue weighted by atomic mass is 9.98. The minimum absolute atomic E-state index is 0.0748. The lowest BCUT2D eigenvalue weighted by Crippen LogP contribution is -2.21. The number of hydrogen-bond donors (Lipinski definition) is 1. The van der Waals surface area contributed by atoms with Gasteiger partial charge in [0, 0.05) is 6.54 Å². The number of para-hydroxylation sites is 2. The number of methoxy groups -OCH3 is 2. The molecule has 0 atom stereocenters. The molecule has 2 N–H and O–H groups in total. The third kappa shape index (κ3) is 4.48. The minimum Gasteiger partial charge on any atom is -0.493 e. The van der Waals surface area contributed by atoms with Gasteiger partial charge in [-0.3, -0.25) is 0 Å². The monoisotopic (exact) mass is 474 g/mol. The van der Waals surface area contributed by atoms with Crippen molar-refractivity contribution in [2.24, 2.45) is 0 Å². The Bertz CT molecular complexity index is 1370. The van der Waals surface area contributed by atoms with E-state index in [1.807, 2.05) is 47.0 Å². The van der Waals surface area contributed by atoms with Crippen LogP contribution in [-0.4, -0.2) is 40.8 Å². The SMILES string of the molecule is COc1ccc(CCn2c(N)c(C(=O)OC3CCCCC3)c3nc4ccccc4nc32)cc1OC. The Morgan fingerprint density at radius 1 is 1.00 bits per heavy atom. The fraction of sp³-hybridized carbons (Fsp3) is 0.370.